The number of nitrogens with zero attached hydrogens (tertiary/aromatic N) is 1. The van der Waals surface area contributed by atoms with E-state index in [-0.39, 0.29) is 12.2 Å². The molecule has 2 rings (SSSR count). The van der Waals surface area contributed by atoms with Crippen LogP contribution in [0.1, 0.15) is 18.1 Å². The van der Waals surface area contributed by atoms with Crippen molar-refractivity contribution in [3.05, 3.63) is 63.9 Å². The maximum Gasteiger partial charge on any atom is 0.141 e. The lowest BCUT2D eigenvalue weighted by atomic mass is 9.90. The molecule has 0 fully saturated rings. The van der Waals surface area contributed by atoms with E-state index in [9.17, 15) is 13.9 Å². The van der Waals surface area contributed by atoms with Crippen molar-refractivity contribution in [3.8, 4) is 0 Å². The molecular formula is C14H12BrF2NO. The lowest BCUT2D eigenvalue weighted by Gasteiger charge is -2.24. The first-order valence-electron chi connectivity index (χ1n) is 5.66. The van der Waals surface area contributed by atoms with Gasteiger partial charge in [-0.1, -0.05) is 15.9 Å². The molecule has 0 radical (unpaired) electrons. The highest BCUT2D eigenvalue weighted by Gasteiger charge is 2.25. The van der Waals surface area contributed by atoms with Crippen molar-refractivity contribution in [1.29, 1.82) is 0 Å². The monoisotopic (exact) mass is 327 g/mol. The molecular weight excluding hydrogens is 316 g/mol. The van der Waals surface area contributed by atoms with E-state index >= 15 is 0 Å². The summed E-state index contributed by atoms with van der Waals surface area (Å²) in [7, 11) is 0. The summed E-state index contributed by atoms with van der Waals surface area (Å²) in [6, 6.07) is 5.46. The van der Waals surface area contributed by atoms with Crippen LogP contribution in [-0.4, -0.2) is 10.1 Å². The van der Waals surface area contributed by atoms with Crippen LogP contribution in [0.2, 0.25) is 0 Å². The zero-order chi connectivity index (χ0) is 14.0. The SMILES string of the molecule is CC(O)(Cc1cc(F)ccc1Br)c1cncc(F)c1. The van der Waals surface area contributed by atoms with Gasteiger partial charge >= 0.3 is 0 Å². The molecule has 1 heterocycles. The van der Waals surface area contributed by atoms with Crippen LogP contribution in [0.3, 0.4) is 0 Å². The van der Waals surface area contributed by atoms with Crippen molar-refractivity contribution in [2.24, 2.45) is 0 Å². The summed E-state index contributed by atoms with van der Waals surface area (Å²) in [5.41, 5.74) is -0.372. The number of halogens is 3. The first kappa shape index (κ1) is 14.1. The molecule has 1 N–H and O–H groups in total. The summed E-state index contributed by atoms with van der Waals surface area (Å²) in [6.07, 6.45) is 2.62. The number of hydrogen-bond acceptors (Lipinski definition) is 2. The van der Waals surface area contributed by atoms with Gasteiger partial charge in [0.1, 0.15) is 11.6 Å². The molecule has 0 aliphatic rings. The third-order valence-corrected chi connectivity index (χ3v) is 3.64. The Labute approximate surface area is 118 Å². The number of pyridine rings is 1. The molecule has 1 aromatic heterocycles. The Bertz CT molecular complexity index is 602. The van der Waals surface area contributed by atoms with Gasteiger partial charge in [0.15, 0.2) is 0 Å². The molecule has 1 aromatic carbocycles. The highest BCUT2D eigenvalue weighted by atomic mass is 79.9. The van der Waals surface area contributed by atoms with Crippen LogP contribution in [0.15, 0.2) is 41.1 Å². The van der Waals surface area contributed by atoms with Crippen LogP contribution in [-0.2, 0) is 12.0 Å². The van der Waals surface area contributed by atoms with E-state index < -0.39 is 11.4 Å². The van der Waals surface area contributed by atoms with Crippen LogP contribution in [0, 0.1) is 11.6 Å². The highest BCUT2D eigenvalue weighted by molar-refractivity contribution is 9.10. The summed E-state index contributed by atoms with van der Waals surface area (Å²) < 4.78 is 27.0. The van der Waals surface area contributed by atoms with E-state index in [0.29, 0.717) is 15.6 Å². The van der Waals surface area contributed by atoms with E-state index in [2.05, 4.69) is 20.9 Å². The van der Waals surface area contributed by atoms with Crippen LogP contribution in [0.25, 0.3) is 0 Å². The second kappa shape index (κ2) is 5.35. The molecule has 100 valence electrons. The topological polar surface area (TPSA) is 33.1 Å². The zero-order valence-electron chi connectivity index (χ0n) is 10.2. The number of rotatable bonds is 3. The smallest absolute Gasteiger partial charge is 0.141 e. The number of hydrogen-bond donors (Lipinski definition) is 1. The average molecular weight is 328 g/mol. The molecule has 2 aromatic rings. The molecule has 2 nitrogen and oxygen atoms in total. The van der Waals surface area contributed by atoms with E-state index in [1.165, 1.54) is 24.4 Å². The normalized spacial score (nSPS) is 14.2. The second-order valence-electron chi connectivity index (χ2n) is 4.58. The first-order valence-corrected chi connectivity index (χ1v) is 6.45. The predicted molar refractivity (Wildman–Crippen MR) is 71.6 cm³/mol. The molecule has 0 saturated heterocycles. The predicted octanol–water partition coefficient (Wildman–Crippen LogP) is 3.57. The van der Waals surface area contributed by atoms with E-state index in [0.717, 1.165) is 6.20 Å². The Morgan fingerprint density at radius 2 is 1.95 bits per heavy atom. The van der Waals surface area contributed by atoms with Crippen molar-refractivity contribution >= 4 is 15.9 Å². The van der Waals surface area contributed by atoms with Gasteiger partial charge in [0.05, 0.1) is 11.8 Å². The number of benzene rings is 1. The molecule has 0 aliphatic heterocycles. The highest BCUT2D eigenvalue weighted by Crippen LogP contribution is 2.29. The van der Waals surface area contributed by atoms with E-state index in [1.807, 2.05) is 0 Å². The van der Waals surface area contributed by atoms with Gasteiger partial charge in [-0.05, 0) is 36.8 Å². The van der Waals surface area contributed by atoms with Crippen molar-refractivity contribution in [3.63, 3.8) is 0 Å². The van der Waals surface area contributed by atoms with Crippen LogP contribution in [0.5, 0.6) is 0 Å². The maximum absolute atomic E-state index is 13.2. The molecule has 0 saturated carbocycles. The van der Waals surface area contributed by atoms with Gasteiger partial charge in [-0.25, -0.2) is 8.78 Å². The lowest BCUT2D eigenvalue weighted by molar-refractivity contribution is 0.0567. The minimum Gasteiger partial charge on any atom is -0.385 e. The van der Waals surface area contributed by atoms with Crippen molar-refractivity contribution < 1.29 is 13.9 Å². The fourth-order valence-corrected chi connectivity index (χ4v) is 2.24. The summed E-state index contributed by atoms with van der Waals surface area (Å²) in [5.74, 6) is -0.901. The van der Waals surface area contributed by atoms with Gasteiger partial charge < -0.3 is 5.11 Å². The van der Waals surface area contributed by atoms with Crippen molar-refractivity contribution in [2.45, 2.75) is 18.9 Å². The lowest BCUT2D eigenvalue weighted by Crippen LogP contribution is -2.25. The maximum atomic E-state index is 13.2. The average Bonchev–Trinajstić information content (AvgIpc) is 2.33. The second-order valence-corrected chi connectivity index (χ2v) is 5.43. The molecule has 0 aliphatic carbocycles. The molecule has 1 unspecified atom stereocenters. The van der Waals surface area contributed by atoms with Crippen LogP contribution < -0.4 is 0 Å². The largest absolute Gasteiger partial charge is 0.385 e. The number of aromatic nitrogens is 1. The summed E-state index contributed by atoms with van der Waals surface area (Å²) in [4.78, 5) is 3.71. The summed E-state index contributed by atoms with van der Waals surface area (Å²) >= 11 is 3.30. The zero-order valence-corrected chi connectivity index (χ0v) is 11.8. The Balaban J connectivity index is 2.33. The molecule has 0 bridgehead atoms. The third-order valence-electron chi connectivity index (χ3n) is 2.87. The van der Waals surface area contributed by atoms with Gasteiger partial charge in [0, 0.05) is 22.7 Å². The first-order chi connectivity index (χ1) is 8.88. The van der Waals surface area contributed by atoms with Crippen molar-refractivity contribution in [1.82, 2.24) is 4.98 Å². The Hall–Kier alpha value is -1.33. The molecule has 19 heavy (non-hydrogen) atoms. The Morgan fingerprint density at radius 1 is 1.21 bits per heavy atom. The molecule has 0 spiro atoms. The van der Waals surface area contributed by atoms with E-state index in [4.69, 9.17) is 0 Å². The fourth-order valence-electron chi connectivity index (χ4n) is 1.86. The van der Waals surface area contributed by atoms with Crippen LogP contribution in [0.4, 0.5) is 8.78 Å². The van der Waals surface area contributed by atoms with Gasteiger partial charge in [0.25, 0.3) is 0 Å². The van der Waals surface area contributed by atoms with Gasteiger partial charge in [-0.15, -0.1) is 0 Å². The summed E-state index contributed by atoms with van der Waals surface area (Å²) in [5, 5.41) is 10.4. The molecule has 0 amide bonds. The summed E-state index contributed by atoms with van der Waals surface area (Å²) in [6.45, 7) is 1.54. The third kappa shape index (κ3) is 3.36. The van der Waals surface area contributed by atoms with Crippen molar-refractivity contribution in [2.75, 3.05) is 0 Å². The Kier molecular flexibility index (Phi) is 3.96. The Morgan fingerprint density at radius 3 is 2.63 bits per heavy atom. The quantitative estimate of drug-likeness (QED) is 0.934. The minimum atomic E-state index is -1.33. The minimum absolute atomic E-state index is 0.149. The molecule has 5 heteroatoms. The van der Waals surface area contributed by atoms with Crippen LogP contribution >= 0.6 is 15.9 Å². The fraction of sp³-hybridized carbons (Fsp3) is 0.214. The van der Waals surface area contributed by atoms with Gasteiger partial charge in [-0.3, -0.25) is 4.98 Å². The molecule has 1 atom stereocenters. The number of aliphatic hydroxyl groups is 1. The standard InChI is InChI=1S/C14H12BrF2NO/c1-14(19,10-5-12(17)8-18-7-10)6-9-4-11(16)2-3-13(9)15/h2-5,7-8,19H,6H2,1H3. The van der Waals surface area contributed by atoms with Gasteiger partial charge in [-0.2, -0.15) is 0 Å². The van der Waals surface area contributed by atoms with Gasteiger partial charge in [0.2, 0.25) is 0 Å². The van der Waals surface area contributed by atoms with E-state index in [1.54, 1.807) is 13.0 Å².